The molecule has 0 aliphatic carbocycles. The van der Waals surface area contributed by atoms with E-state index in [9.17, 15) is 13.2 Å². The van der Waals surface area contributed by atoms with Crippen LogP contribution in [0.5, 0.6) is 5.75 Å². The second kappa shape index (κ2) is 9.51. The van der Waals surface area contributed by atoms with Gasteiger partial charge in [-0.3, -0.25) is 4.79 Å². The van der Waals surface area contributed by atoms with Crippen molar-refractivity contribution >= 4 is 27.3 Å². The first-order valence-corrected chi connectivity index (χ1v) is 11.6. The number of para-hydroxylation sites is 1. The molecule has 0 saturated carbocycles. The third kappa shape index (κ3) is 5.11. The summed E-state index contributed by atoms with van der Waals surface area (Å²) in [6, 6.07) is 11.1. The maximum Gasteiger partial charge on any atom is 0.275 e. The molecule has 1 aliphatic rings. The van der Waals surface area contributed by atoms with Gasteiger partial charge in [-0.2, -0.15) is 4.31 Å². The van der Waals surface area contributed by atoms with E-state index in [1.54, 1.807) is 24.6 Å². The Morgan fingerprint density at radius 1 is 1.21 bits per heavy atom. The molecule has 2 aromatic rings. The number of quaternary nitrogens is 1. The van der Waals surface area contributed by atoms with Crippen LogP contribution >= 0.6 is 11.3 Å². The van der Waals surface area contributed by atoms with E-state index in [1.165, 1.54) is 15.6 Å². The van der Waals surface area contributed by atoms with Gasteiger partial charge in [-0.25, -0.2) is 8.42 Å². The van der Waals surface area contributed by atoms with Gasteiger partial charge in [0.1, 0.15) is 9.96 Å². The van der Waals surface area contributed by atoms with Crippen molar-refractivity contribution in [3.63, 3.8) is 0 Å². The number of hydrogen-bond acceptors (Lipinski definition) is 5. The van der Waals surface area contributed by atoms with Crippen LogP contribution in [0.4, 0.5) is 0 Å². The van der Waals surface area contributed by atoms with Crippen molar-refractivity contribution in [3.05, 3.63) is 47.3 Å². The number of sulfonamides is 1. The molecule has 2 heterocycles. The summed E-state index contributed by atoms with van der Waals surface area (Å²) in [5, 5.41) is 4.72. The van der Waals surface area contributed by atoms with Gasteiger partial charge in [-0.1, -0.05) is 24.3 Å². The number of carbonyl (C=O) groups excluding carboxylic acids is 1. The molecular formula is C19H26N3O4S2+. The van der Waals surface area contributed by atoms with Crippen molar-refractivity contribution < 1.29 is 22.8 Å². The summed E-state index contributed by atoms with van der Waals surface area (Å²) in [5.41, 5.74) is 1.06. The van der Waals surface area contributed by atoms with E-state index in [0.717, 1.165) is 16.2 Å². The smallest absolute Gasteiger partial charge is 0.275 e. The molecule has 0 atom stereocenters. The zero-order valence-corrected chi connectivity index (χ0v) is 17.5. The highest BCUT2D eigenvalue weighted by atomic mass is 32.2. The lowest BCUT2D eigenvalue weighted by Crippen LogP contribution is -3.15. The molecule has 1 aromatic heterocycles. The zero-order chi connectivity index (χ0) is 20.0. The fraction of sp³-hybridized carbons (Fsp3) is 0.421. The summed E-state index contributed by atoms with van der Waals surface area (Å²) in [6.07, 6.45) is 0.706. The number of amides is 1. The van der Waals surface area contributed by atoms with Crippen LogP contribution in [0.1, 0.15) is 5.56 Å². The number of methoxy groups -OCH3 is 1. The lowest BCUT2D eigenvalue weighted by Gasteiger charge is -2.30. The number of rotatable bonds is 8. The number of nitrogens with one attached hydrogen (secondary N) is 2. The van der Waals surface area contributed by atoms with Crippen LogP contribution in [0.25, 0.3) is 0 Å². The van der Waals surface area contributed by atoms with Crippen molar-refractivity contribution in [2.75, 3.05) is 46.4 Å². The Morgan fingerprint density at radius 3 is 2.64 bits per heavy atom. The summed E-state index contributed by atoms with van der Waals surface area (Å²) in [4.78, 5) is 13.3. The van der Waals surface area contributed by atoms with E-state index >= 15 is 0 Å². The highest BCUT2D eigenvalue weighted by Gasteiger charge is 2.31. The average molecular weight is 425 g/mol. The summed E-state index contributed by atoms with van der Waals surface area (Å²) in [7, 11) is -1.76. The molecule has 152 valence electrons. The van der Waals surface area contributed by atoms with Gasteiger partial charge >= 0.3 is 0 Å². The Kier molecular flexibility index (Phi) is 7.06. The third-order valence-corrected chi connectivity index (χ3v) is 8.11. The second-order valence-electron chi connectivity index (χ2n) is 6.67. The molecular weight excluding hydrogens is 398 g/mol. The first kappa shape index (κ1) is 20.8. The van der Waals surface area contributed by atoms with Gasteiger partial charge in [0.05, 0.1) is 33.3 Å². The Labute approximate surface area is 170 Å². The highest BCUT2D eigenvalue weighted by Crippen LogP contribution is 2.20. The molecule has 0 radical (unpaired) electrons. The summed E-state index contributed by atoms with van der Waals surface area (Å²) >= 11 is 1.24. The third-order valence-electron chi connectivity index (χ3n) is 4.84. The van der Waals surface area contributed by atoms with Gasteiger partial charge in [0.2, 0.25) is 0 Å². The van der Waals surface area contributed by atoms with Crippen LogP contribution in [0.15, 0.2) is 46.0 Å². The Bertz CT molecular complexity index is 876. The molecule has 0 spiro atoms. The number of hydrogen-bond donors (Lipinski definition) is 2. The maximum atomic E-state index is 12.5. The van der Waals surface area contributed by atoms with Crippen LogP contribution in [0.2, 0.25) is 0 Å². The topological polar surface area (TPSA) is 80.2 Å². The lowest BCUT2D eigenvalue weighted by atomic mass is 10.1. The van der Waals surface area contributed by atoms with Crippen LogP contribution in [-0.2, 0) is 21.2 Å². The monoisotopic (exact) mass is 424 g/mol. The molecule has 3 rings (SSSR count). The van der Waals surface area contributed by atoms with Crippen molar-refractivity contribution in [1.29, 1.82) is 0 Å². The van der Waals surface area contributed by atoms with Gasteiger partial charge in [0.15, 0.2) is 6.54 Å². The SMILES string of the molecule is COc1ccccc1CCNC(=O)C[NH+]1CCN(S(=O)(=O)c2cccs2)CC1. The van der Waals surface area contributed by atoms with E-state index in [1.807, 2.05) is 24.3 Å². The fourth-order valence-corrected chi connectivity index (χ4v) is 5.88. The molecule has 28 heavy (non-hydrogen) atoms. The predicted molar refractivity (Wildman–Crippen MR) is 108 cm³/mol. The van der Waals surface area contributed by atoms with Crippen LogP contribution in [-0.4, -0.2) is 65.0 Å². The minimum atomic E-state index is -3.40. The van der Waals surface area contributed by atoms with E-state index in [4.69, 9.17) is 4.74 Å². The fourth-order valence-electron chi connectivity index (χ4n) is 3.29. The number of thiophene rings is 1. The molecule has 0 unspecified atom stereocenters. The lowest BCUT2D eigenvalue weighted by molar-refractivity contribution is -0.895. The molecule has 2 N–H and O–H groups in total. The van der Waals surface area contributed by atoms with Crippen molar-refractivity contribution in [2.24, 2.45) is 0 Å². The van der Waals surface area contributed by atoms with Crippen LogP contribution < -0.4 is 15.0 Å². The second-order valence-corrected chi connectivity index (χ2v) is 9.79. The number of nitrogens with zero attached hydrogens (tertiary/aromatic N) is 1. The summed E-state index contributed by atoms with van der Waals surface area (Å²) in [5.74, 6) is 0.810. The minimum absolute atomic E-state index is 0.0144. The first-order chi connectivity index (χ1) is 13.5. The van der Waals surface area contributed by atoms with Gasteiger partial charge in [-0.15, -0.1) is 11.3 Å². The Balaban J connectivity index is 1.41. The number of ether oxygens (including phenoxy) is 1. The molecule has 9 heteroatoms. The molecule has 1 amide bonds. The van der Waals surface area contributed by atoms with Crippen LogP contribution in [0.3, 0.4) is 0 Å². The minimum Gasteiger partial charge on any atom is -0.496 e. The average Bonchev–Trinajstić information content (AvgIpc) is 3.24. The summed E-state index contributed by atoms with van der Waals surface area (Å²) in [6.45, 7) is 3.04. The number of carbonyl (C=O) groups is 1. The largest absolute Gasteiger partial charge is 0.496 e. The van der Waals surface area contributed by atoms with E-state index in [2.05, 4.69) is 5.32 Å². The summed E-state index contributed by atoms with van der Waals surface area (Å²) < 4.78 is 32.3. The van der Waals surface area contributed by atoms with E-state index in [-0.39, 0.29) is 5.91 Å². The predicted octanol–water partition coefficient (Wildman–Crippen LogP) is 0.00480. The molecule has 0 bridgehead atoms. The van der Waals surface area contributed by atoms with Crippen molar-refractivity contribution in [3.8, 4) is 5.75 Å². The number of piperazine rings is 1. The molecule has 1 aromatic carbocycles. The molecule has 1 fully saturated rings. The highest BCUT2D eigenvalue weighted by molar-refractivity contribution is 7.91. The normalized spacial score (nSPS) is 16.0. The molecule has 7 nitrogen and oxygen atoms in total. The van der Waals surface area contributed by atoms with E-state index in [0.29, 0.717) is 49.9 Å². The van der Waals surface area contributed by atoms with Gasteiger partial charge in [-0.05, 0) is 29.5 Å². The Morgan fingerprint density at radius 2 is 1.96 bits per heavy atom. The molecule has 1 saturated heterocycles. The quantitative estimate of drug-likeness (QED) is 0.626. The van der Waals surface area contributed by atoms with Crippen molar-refractivity contribution in [1.82, 2.24) is 9.62 Å². The van der Waals surface area contributed by atoms with Gasteiger partial charge < -0.3 is 15.0 Å². The van der Waals surface area contributed by atoms with Gasteiger partial charge in [0.25, 0.3) is 15.9 Å². The van der Waals surface area contributed by atoms with Crippen molar-refractivity contribution in [2.45, 2.75) is 10.6 Å². The molecule has 1 aliphatic heterocycles. The first-order valence-electron chi connectivity index (χ1n) is 9.26. The maximum absolute atomic E-state index is 12.5. The number of benzene rings is 1. The van der Waals surface area contributed by atoms with Crippen LogP contribution in [0, 0.1) is 0 Å². The van der Waals surface area contributed by atoms with E-state index < -0.39 is 10.0 Å². The van der Waals surface area contributed by atoms with Gasteiger partial charge in [0, 0.05) is 6.54 Å². The zero-order valence-electron chi connectivity index (χ0n) is 15.9. The Hall–Kier alpha value is -1.94. The standard InChI is InChI=1S/C19H25N3O4S2/c1-26-17-6-3-2-5-16(17)8-9-20-18(23)15-21-10-12-22(13-11-21)28(24,25)19-7-4-14-27-19/h2-7,14H,8-13,15H2,1H3,(H,20,23)/p+1.